The van der Waals surface area contributed by atoms with E-state index in [9.17, 15) is 18.8 Å². The van der Waals surface area contributed by atoms with Gasteiger partial charge in [0.2, 0.25) is 5.91 Å². The van der Waals surface area contributed by atoms with Crippen molar-refractivity contribution in [1.29, 1.82) is 0 Å². The number of carbonyl (C=O) groups is 2. The van der Waals surface area contributed by atoms with Crippen molar-refractivity contribution in [3.63, 3.8) is 0 Å². The van der Waals surface area contributed by atoms with Gasteiger partial charge in [0.25, 0.3) is 11.5 Å². The molecule has 33 heavy (non-hydrogen) atoms. The molecule has 2 amide bonds. The van der Waals surface area contributed by atoms with E-state index in [2.05, 4.69) is 15.3 Å². The van der Waals surface area contributed by atoms with Crippen molar-refractivity contribution in [1.82, 2.24) is 24.9 Å². The Morgan fingerprint density at radius 1 is 1.12 bits per heavy atom. The van der Waals surface area contributed by atoms with Crippen LogP contribution in [0.25, 0.3) is 27.8 Å². The maximum absolute atomic E-state index is 13.6. The van der Waals surface area contributed by atoms with Crippen molar-refractivity contribution >= 4 is 22.7 Å². The van der Waals surface area contributed by atoms with E-state index in [1.165, 1.54) is 22.9 Å². The first-order chi connectivity index (χ1) is 15.9. The smallest absolute Gasteiger partial charge is 0.258 e. The molecule has 1 unspecified atom stereocenters. The Kier molecular flexibility index (Phi) is 4.97. The van der Waals surface area contributed by atoms with Gasteiger partial charge in [-0.15, -0.1) is 5.10 Å². The predicted molar refractivity (Wildman–Crippen MR) is 118 cm³/mol. The maximum Gasteiger partial charge on any atom is 0.258 e. The van der Waals surface area contributed by atoms with Crippen LogP contribution in [0, 0.1) is 11.7 Å². The average molecular weight is 446 g/mol. The summed E-state index contributed by atoms with van der Waals surface area (Å²) >= 11 is 0. The fraction of sp³-hybridized carbons (Fsp3) is 0.174. The van der Waals surface area contributed by atoms with E-state index in [0.29, 0.717) is 47.4 Å². The summed E-state index contributed by atoms with van der Waals surface area (Å²) in [5, 5.41) is 8.70. The van der Waals surface area contributed by atoms with Gasteiger partial charge in [-0.1, -0.05) is 5.21 Å². The Labute approximate surface area is 186 Å². The molecule has 9 nitrogen and oxygen atoms in total. The Hall–Kier alpha value is -4.34. The zero-order valence-corrected chi connectivity index (χ0v) is 17.4. The second-order valence-electron chi connectivity index (χ2n) is 7.98. The number of carbonyl (C=O) groups excluding carboxylic acids is 2. The van der Waals surface area contributed by atoms with Crippen LogP contribution in [0.15, 0.2) is 59.5 Å². The van der Waals surface area contributed by atoms with E-state index in [1.54, 1.807) is 41.4 Å². The van der Waals surface area contributed by atoms with Crippen LogP contribution in [0.5, 0.6) is 0 Å². The molecule has 0 bridgehead atoms. The van der Waals surface area contributed by atoms with E-state index in [0.717, 1.165) is 0 Å². The van der Waals surface area contributed by atoms with E-state index in [4.69, 9.17) is 5.73 Å². The summed E-state index contributed by atoms with van der Waals surface area (Å²) in [6, 6.07) is 12.5. The molecule has 3 N–H and O–H groups in total. The van der Waals surface area contributed by atoms with Crippen molar-refractivity contribution in [2.45, 2.75) is 6.42 Å². The van der Waals surface area contributed by atoms with Crippen molar-refractivity contribution in [3.05, 3.63) is 76.5 Å². The highest BCUT2D eigenvalue weighted by Gasteiger charge is 2.30. The second-order valence-corrected chi connectivity index (χ2v) is 7.98. The van der Waals surface area contributed by atoms with Crippen LogP contribution in [0.4, 0.5) is 4.39 Å². The molecule has 166 valence electrons. The van der Waals surface area contributed by atoms with Crippen molar-refractivity contribution in [2.75, 3.05) is 13.1 Å². The minimum absolute atomic E-state index is 0.167. The third-order valence-corrected chi connectivity index (χ3v) is 5.83. The second kappa shape index (κ2) is 7.97. The van der Waals surface area contributed by atoms with Gasteiger partial charge in [-0.2, -0.15) is 0 Å². The molecule has 10 heteroatoms. The molecular formula is C23H19FN6O3. The molecular weight excluding hydrogens is 427 g/mol. The third kappa shape index (κ3) is 3.86. The fourth-order valence-corrected chi connectivity index (χ4v) is 4.00. The van der Waals surface area contributed by atoms with E-state index in [1.807, 2.05) is 0 Å². The fourth-order valence-electron chi connectivity index (χ4n) is 4.00. The lowest BCUT2D eigenvalue weighted by Gasteiger charge is -2.16. The zero-order chi connectivity index (χ0) is 23.1. The molecule has 0 aliphatic carbocycles. The average Bonchev–Trinajstić information content (AvgIpc) is 3.49. The van der Waals surface area contributed by atoms with Gasteiger partial charge in [0.15, 0.2) is 0 Å². The number of aromatic amines is 1. The lowest BCUT2D eigenvalue weighted by Crippen LogP contribution is -2.31. The molecule has 1 aliphatic rings. The number of hydrogen-bond donors (Lipinski definition) is 2. The highest BCUT2D eigenvalue weighted by molar-refractivity contribution is 5.95. The minimum Gasteiger partial charge on any atom is -0.369 e. The van der Waals surface area contributed by atoms with Gasteiger partial charge < -0.3 is 15.6 Å². The molecule has 1 fully saturated rings. The molecule has 0 spiro atoms. The van der Waals surface area contributed by atoms with Crippen LogP contribution in [0.2, 0.25) is 0 Å². The van der Waals surface area contributed by atoms with Crippen LogP contribution in [0.1, 0.15) is 16.8 Å². The number of halogens is 1. The van der Waals surface area contributed by atoms with E-state index >= 15 is 0 Å². The van der Waals surface area contributed by atoms with E-state index in [-0.39, 0.29) is 22.9 Å². The topological polar surface area (TPSA) is 127 Å². The number of benzene rings is 2. The molecule has 5 rings (SSSR count). The number of rotatable bonds is 4. The number of fused-ring (bicyclic) bond motifs is 1. The van der Waals surface area contributed by atoms with Gasteiger partial charge in [0.1, 0.15) is 11.5 Å². The number of nitrogens with one attached hydrogen (secondary N) is 1. The predicted octanol–water partition coefficient (Wildman–Crippen LogP) is 1.86. The quantitative estimate of drug-likeness (QED) is 0.495. The molecule has 2 aromatic carbocycles. The summed E-state index contributed by atoms with van der Waals surface area (Å²) in [7, 11) is 0. The molecule has 2 aromatic heterocycles. The highest BCUT2D eigenvalue weighted by Crippen LogP contribution is 2.21. The minimum atomic E-state index is -0.405. The van der Waals surface area contributed by atoms with Crippen molar-refractivity contribution in [2.24, 2.45) is 11.7 Å². The third-order valence-electron chi connectivity index (χ3n) is 5.83. The number of aromatic nitrogens is 4. The number of amides is 2. The molecule has 0 radical (unpaired) electrons. The van der Waals surface area contributed by atoms with Crippen LogP contribution < -0.4 is 11.3 Å². The molecule has 0 saturated carbocycles. The lowest BCUT2D eigenvalue weighted by atomic mass is 10.1. The summed E-state index contributed by atoms with van der Waals surface area (Å²) in [4.78, 5) is 40.9. The molecule has 3 heterocycles. The number of nitrogens with zero attached hydrogens (tertiary/aromatic N) is 4. The van der Waals surface area contributed by atoms with Gasteiger partial charge >= 0.3 is 0 Å². The normalized spacial score (nSPS) is 15.8. The largest absolute Gasteiger partial charge is 0.369 e. The van der Waals surface area contributed by atoms with Gasteiger partial charge in [-0.3, -0.25) is 14.4 Å². The van der Waals surface area contributed by atoms with Crippen molar-refractivity contribution < 1.29 is 14.0 Å². The Bertz CT molecular complexity index is 1440. The standard InChI is InChI=1S/C23H19FN6O3/c24-16-3-6-19-15(9-16)10-18(22(32)26-19)20-12-30(28-27-20)17-4-1-13(2-5-17)23(33)29-8-7-14(11-29)21(25)31/h1-6,9-10,12,14H,7-8,11H2,(H2,25,31)(H,26,32). The van der Waals surface area contributed by atoms with Gasteiger partial charge in [0.05, 0.1) is 23.4 Å². The van der Waals surface area contributed by atoms with Gasteiger partial charge in [0, 0.05) is 29.6 Å². The number of likely N-dealkylation sites (tertiary alicyclic amines) is 1. The van der Waals surface area contributed by atoms with Crippen LogP contribution >= 0.6 is 0 Å². The first-order valence-corrected chi connectivity index (χ1v) is 10.3. The van der Waals surface area contributed by atoms with Gasteiger partial charge in [-0.05, 0) is 55.0 Å². The lowest BCUT2D eigenvalue weighted by molar-refractivity contribution is -0.121. The molecule has 1 saturated heterocycles. The zero-order valence-electron chi connectivity index (χ0n) is 17.4. The monoisotopic (exact) mass is 446 g/mol. The number of primary amides is 1. The molecule has 1 atom stereocenters. The highest BCUT2D eigenvalue weighted by atomic mass is 19.1. The number of nitrogens with two attached hydrogens (primary N) is 1. The Morgan fingerprint density at radius 3 is 2.64 bits per heavy atom. The number of pyridine rings is 1. The van der Waals surface area contributed by atoms with Crippen molar-refractivity contribution in [3.8, 4) is 16.9 Å². The number of H-pyrrole nitrogens is 1. The summed E-state index contributed by atoms with van der Waals surface area (Å²) in [5.41, 5.74) is 7.23. The first kappa shape index (κ1) is 20.6. The summed E-state index contributed by atoms with van der Waals surface area (Å²) in [6.07, 6.45) is 2.16. The Morgan fingerprint density at radius 2 is 1.91 bits per heavy atom. The van der Waals surface area contributed by atoms with Gasteiger partial charge in [-0.25, -0.2) is 9.07 Å². The maximum atomic E-state index is 13.6. The van der Waals surface area contributed by atoms with E-state index < -0.39 is 11.7 Å². The summed E-state index contributed by atoms with van der Waals surface area (Å²) < 4.78 is 15.1. The molecule has 4 aromatic rings. The first-order valence-electron chi connectivity index (χ1n) is 10.3. The van der Waals surface area contributed by atoms with Crippen LogP contribution in [0.3, 0.4) is 0 Å². The summed E-state index contributed by atoms with van der Waals surface area (Å²) in [6.45, 7) is 0.817. The molecule has 1 aliphatic heterocycles. The SMILES string of the molecule is NC(=O)C1CCN(C(=O)c2ccc(-n3cc(-c4cc5cc(F)ccc5[nH]c4=O)nn3)cc2)C1. The van der Waals surface area contributed by atoms with Crippen LogP contribution in [-0.2, 0) is 4.79 Å². The van der Waals surface area contributed by atoms with Crippen LogP contribution in [-0.4, -0.2) is 49.8 Å². The summed E-state index contributed by atoms with van der Waals surface area (Å²) in [5.74, 6) is -1.27. The number of hydrogen-bond acceptors (Lipinski definition) is 5. The Balaban J connectivity index is 1.38.